The lowest BCUT2D eigenvalue weighted by molar-refractivity contribution is -0.119. The van der Waals surface area contributed by atoms with Crippen LogP contribution in [0.25, 0.3) is 5.65 Å². The number of aromatic nitrogens is 3. The topological polar surface area (TPSA) is 71.3 Å². The Morgan fingerprint density at radius 3 is 3.22 bits per heavy atom. The highest BCUT2D eigenvalue weighted by molar-refractivity contribution is 5.78. The van der Waals surface area contributed by atoms with Crippen LogP contribution in [0.3, 0.4) is 0 Å². The molecule has 6 heteroatoms. The average Bonchev–Trinajstić information content (AvgIpc) is 2.93. The predicted molar refractivity (Wildman–Crippen MR) is 67.4 cm³/mol. The first-order valence-electron chi connectivity index (χ1n) is 6.07. The van der Waals surface area contributed by atoms with Crippen LogP contribution in [0.1, 0.15) is 18.4 Å². The van der Waals surface area contributed by atoms with Crippen LogP contribution < -0.4 is 10.6 Å². The molecule has 94 valence electrons. The minimum Gasteiger partial charge on any atom is -0.352 e. The summed E-state index contributed by atoms with van der Waals surface area (Å²) in [5, 5.41) is 10.4. The molecule has 1 atom stereocenters. The molecule has 1 unspecified atom stereocenters. The van der Waals surface area contributed by atoms with Crippen molar-refractivity contribution in [2.75, 3.05) is 11.9 Å². The van der Waals surface area contributed by atoms with Gasteiger partial charge in [-0.1, -0.05) is 6.07 Å². The van der Waals surface area contributed by atoms with E-state index in [0.717, 1.165) is 17.6 Å². The fraction of sp³-hybridized carbons (Fsp3) is 0.417. The van der Waals surface area contributed by atoms with E-state index in [0.29, 0.717) is 18.9 Å². The maximum Gasteiger partial charge on any atom is 0.243 e. The van der Waals surface area contributed by atoms with E-state index in [4.69, 9.17) is 0 Å². The highest BCUT2D eigenvalue weighted by Crippen LogP contribution is 2.11. The highest BCUT2D eigenvalue weighted by Gasteiger charge is 2.20. The lowest BCUT2D eigenvalue weighted by Gasteiger charge is -2.09. The lowest BCUT2D eigenvalue weighted by atomic mass is 10.2. The third kappa shape index (κ3) is 2.01. The average molecular weight is 245 g/mol. The van der Waals surface area contributed by atoms with Gasteiger partial charge in [-0.25, -0.2) is 4.52 Å². The van der Waals surface area contributed by atoms with Gasteiger partial charge in [-0.2, -0.15) is 4.98 Å². The second-order valence-electron chi connectivity index (χ2n) is 4.58. The van der Waals surface area contributed by atoms with Gasteiger partial charge >= 0.3 is 0 Å². The van der Waals surface area contributed by atoms with Crippen LogP contribution in [-0.2, 0) is 4.79 Å². The summed E-state index contributed by atoms with van der Waals surface area (Å²) in [5.74, 6) is 0.728. The number of fused-ring (bicyclic) bond motifs is 1. The van der Waals surface area contributed by atoms with Gasteiger partial charge in [0.1, 0.15) is 0 Å². The largest absolute Gasteiger partial charge is 0.352 e. The summed E-state index contributed by atoms with van der Waals surface area (Å²) < 4.78 is 1.75. The van der Waals surface area contributed by atoms with E-state index in [-0.39, 0.29) is 11.9 Å². The van der Waals surface area contributed by atoms with E-state index in [1.165, 1.54) is 0 Å². The molecule has 2 aromatic rings. The number of hydrogen-bond acceptors (Lipinski definition) is 4. The maximum absolute atomic E-state index is 11.1. The van der Waals surface area contributed by atoms with E-state index in [2.05, 4.69) is 20.7 Å². The summed E-state index contributed by atoms with van der Waals surface area (Å²) >= 11 is 0. The van der Waals surface area contributed by atoms with Crippen LogP contribution in [0.15, 0.2) is 18.3 Å². The molecule has 3 rings (SSSR count). The minimum atomic E-state index is 0.126. The number of carbonyl (C=O) groups is 1. The molecule has 1 aliphatic heterocycles. The molecule has 3 heterocycles. The molecule has 2 aromatic heterocycles. The monoisotopic (exact) mass is 245 g/mol. The Kier molecular flexibility index (Phi) is 2.62. The SMILES string of the molecule is Cc1cccn2nc(NCC3CCC(=O)N3)nc12. The number of anilines is 1. The Morgan fingerprint density at radius 1 is 1.61 bits per heavy atom. The zero-order valence-corrected chi connectivity index (χ0v) is 10.2. The van der Waals surface area contributed by atoms with E-state index in [9.17, 15) is 4.79 Å². The van der Waals surface area contributed by atoms with E-state index < -0.39 is 0 Å². The Balaban J connectivity index is 1.71. The maximum atomic E-state index is 11.1. The molecule has 1 fully saturated rings. The zero-order chi connectivity index (χ0) is 12.5. The molecule has 0 bridgehead atoms. The number of hydrogen-bond donors (Lipinski definition) is 2. The van der Waals surface area contributed by atoms with Gasteiger partial charge in [0.15, 0.2) is 5.65 Å². The van der Waals surface area contributed by atoms with Crippen molar-refractivity contribution in [1.29, 1.82) is 0 Å². The quantitative estimate of drug-likeness (QED) is 0.836. The summed E-state index contributed by atoms with van der Waals surface area (Å²) in [6, 6.07) is 4.13. The number of amides is 1. The zero-order valence-electron chi connectivity index (χ0n) is 10.2. The number of pyridine rings is 1. The first kappa shape index (κ1) is 11.0. The van der Waals surface area contributed by atoms with Crippen molar-refractivity contribution in [2.45, 2.75) is 25.8 Å². The summed E-state index contributed by atoms with van der Waals surface area (Å²) in [7, 11) is 0. The van der Waals surface area contributed by atoms with Crippen molar-refractivity contribution >= 4 is 17.5 Å². The number of rotatable bonds is 3. The standard InChI is InChI=1S/C12H15N5O/c1-8-3-2-6-17-11(8)15-12(16-17)13-7-9-4-5-10(18)14-9/h2-3,6,9H,4-5,7H2,1H3,(H,13,16)(H,14,18). The summed E-state index contributed by atoms with van der Waals surface area (Å²) in [6.07, 6.45) is 3.36. The van der Waals surface area contributed by atoms with Crippen molar-refractivity contribution in [1.82, 2.24) is 19.9 Å². The Morgan fingerprint density at radius 2 is 2.50 bits per heavy atom. The lowest BCUT2D eigenvalue weighted by Crippen LogP contribution is -2.32. The Hall–Kier alpha value is -2.11. The summed E-state index contributed by atoms with van der Waals surface area (Å²) in [5.41, 5.74) is 1.95. The Labute approximate surface area is 104 Å². The van der Waals surface area contributed by atoms with E-state index in [1.807, 2.05) is 25.3 Å². The van der Waals surface area contributed by atoms with Crippen LogP contribution in [-0.4, -0.2) is 33.1 Å². The first-order valence-corrected chi connectivity index (χ1v) is 6.07. The number of aryl methyl sites for hydroxylation is 1. The molecule has 0 aliphatic carbocycles. The first-order chi connectivity index (χ1) is 8.72. The van der Waals surface area contributed by atoms with Crippen LogP contribution in [0.4, 0.5) is 5.95 Å². The molecule has 1 aliphatic rings. The molecule has 0 spiro atoms. The van der Waals surface area contributed by atoms with Crippen LogP contribution in [0.5, 0.6) is 0 Å². The fourth-order valence-electron chi connectivity index (χ4n) is 2.16. The number of nitrogens with zero attached hydrogens (tertiary/aromatic N) is 3. The van der Waals surface area contributed by atoms with Crippen molar-refractivity contribution in [2.24, 2.45) is 0 Å². The Bertz CT molecular complexity index is 591. The molecular formula is C12H15N5O. The number of nitrogens with one attached hydrogen (secondary N) is 2. The van der Waals surface area contributed by atoms with Gasteiger partial charge < -0.3 is 10.6 Å². The van der Waals surface area contributed by atoms with Gasteiger partial charge in [0, 0.05) is 25.2 Å². The van der Waals surface area contributed by atoms with Crippen molar-refractivity contribution < 1.29 is 4.79 Å². The third-order valence-electron chi connectivity index (χ3n) is 3.15. The summed E-state index contributed by atoms with van der Waals surface area (Å²) in [4.78, 5) is 15.5. The van der Waals surface area contributed by atoms with Crippen molar-refractivity contribution in [3.05, 3.63) is 23.9 Å². The second kappa shape index (κ2) is 4.29. The smallest absolute Gasteiger partial charge is 0.243 e. The predicted octanol–water partition coefficient (Wildman–Crippen LogP) is 0.728. The molecule has 0 aromatic carbocycles. The van der Waals surface area contributed by atoms with Gasteiger partial charge in [0.05, 0.1) is 0 Å². The highest BCUT2D eigenvalue weighted by atomic mass is 16.1. The van der Waals surface area contributed by atoms with E-state index in [1.54, 1.807) is 4.52 Å². The van der Waals surface area contributed by atoms with Gasteiger partial charge in [-0.05, 0) is 25.0 Å². The molecule has 0 radical (unpaired) electrons. The van der Waals surface area contributed by atoms with Gasteiger partial charge in [-0.15, -0.1) is 5.10 Å². The molecule has 1 amide bonds. The van der Waals surface area contributed by atoms with Gasteiger partial charge in [0.2, 0.25) is 11.9 Å². The second-order valence-corrected chi connectivity index (χ2v) is 4.58. The molecule has 1 saturated heterocycles. The molecule has 2 N–H and O–H groups in total. The van der Waals surface area contributed by atoms with Gasteiger partial charge in [0.25, 0.3) is 0 Å². The van der Waals surface area contributed by atoms with Crippen molar-refractivity contribution in [3.8, 4) is 0 Å². The normalized spacial score (nSPS) is 19.2. The van der Waals surface area contributed by atoms with E-state index >= 15 is 0 Å². The fourth-order valence-corrected chi connectivity index (χ4v) is 2.16. The van der Waals surface area contributed by atoms with Crippen LogP contribution >= 0.6 is 0 Å². The minimum absolute atomic E-state index is 0.126. The van der Waals surface area contributed by atoms with Gasteiger partial charge in [-0.3, -0.25) is 4.79 Å². The summed E-state index contributed by atoms with van der Waals surface area (Å²) in [6.45, 7) is 2.67. The molecule has 18 heavy (non-hydrogen) atoms. The van der Waals surface area contributed by atoms with Crippen LogP contribution in [0.2, 0.25) is 0 Å². The number of carbonyl (C=O) groups excluding carboxylic acids is 1. The molecule has 0 saturated carbocycles. The molecule has 6 nitrogen and oxygen atoms in total. The van der Waals surface area contributed by atoms with Crippen molar-refractivity contribution in [3.63, 3.8) is 0 Å². The van der Waals surface area contributed by atoms with Crippen LogP contribution in [0, 0.1) is 6.92 Å². The molecular weight excluding hydrogens is 230 g/mol. The third-order valence-corrected chi connectivity index (χ3v) is 3.15.